The molecule has 0 aliphatic rings. The van der Waals surface area contributed by atoms with Gasteiger partial charge in [0.25, 0.3) is 11.9 Å². The SMILES string of the molecule is CC[NH+](CC)CCC[C@@H](C)N=C(NC(=O)c1cccs1)OCC(C)C. The number of nitrogens with zero attached hydrogens (tertiary/aromatic N) is 1. The first-order valence-corrected chi connectivity index (χ1v) is 10.2. The number of ether oxygens (including phenoxy) is 1. The van der Waals surface area contributed by atoms with Crippen molar-refractivity contribution in [1.82, 2.24) is 5.32 Å². The number of rotatable bonds is 10. The summed E-state index contributed by atoms with van der Waals surface area (Å²) in [4.78, 5) is 19.1. The molecule has 0 saturated carbocycles. The van der Waals surface area contributed by atoms with Crippen LogP contribution in [0.3, 0.4) is 0 Å². The van der Waals surface area contributed by atoms with Gasteiger partial charge in [0.05, 0.1) is 37.2 Å². The summed E-state index contributed by atoms with van der Waals surface area (Å²) in [6, 6.07) is 4.13. The Morgan fingerprint density at radius 1 is 1.32 bits per heavy atom. The average molecular weight is 369 g/mol. The maximum atomic E-state index is 12.3. The van der Waals surface area contributed by atoms with E-state index in [0.717, 1.165) is 32.5 Å². The van der Waals surface area contributed by atoms with Crippen LogP contribution in [-0.2, 0) is 4.74 Å². The van der Waals surface area contributed by atoms with Crippen molar-refractivity contribution in [2.45, 2.75) is 53.5 Å². The van der Waals surface area contributed by atoms with E-state index in [9.17, 15) is 4.79 Å². The number of hydrogen-bond acceptors (Lipinski definition) is 4. The molecule has 1 atom stereocenters. The van der Waals surface area contributed by atoms with Gasteiger partial charge in [-0.1, -0.05) is 19.9 Å². The molecule has 2 N–H and O–H groups in total. The van der Waals surface area contributed by atoms with Crippen LogP contribution in [0.25, 0.3) is 0 Å². The number of carbonyl (C=O) groups is 1. The Morgan fingerprint density at radius 3 is 2.60 bits per heavy atom. The average Bonchev–Trinajstić information content (AvgIpc) is 3.11. The van der Waals surface area contributed by atoms with E-state index in [4.69, 9.17) is 4.74 Å². The van der Waals surface area contributed by atoms with Crippen molar-refractivity contribution in [3.05, 3.63) is 22.4 Å². The molecule has 0 bridgehead atoms. The Balaban J connectivity index is 2.60. The van der Waals surface area contributed by atoms with Crippen LogP contribution in [0.4, 0.5) is 0 Å². The number of quaternary nitrogens is 1. The summed E-state index contributed by atoms with van der Waals surface area (Å²) in [6.45, 7) is 14.7. The van der Waals surface area contributed by atoms with Crippen molar-refractivity contribution in [3.8, 4) is 0 Å². The molecular formula is C19H34N3O2S+. The van der Waals surface area contributed by atoms with Gasteiger partial charge in [-0.3, -0.25) is 10.1 Å². The van der Waals surface area contributed by atoms with Crippen molar-refractivity contribution in [3.63, 3.8) is 0 Å². The molecule has 1 aromatic heterocycles. The number of nitrogens with one attached hydrogen (secondary N) is 2. The largest absolute Gasteiger partial charge is 0.465 e. The molecule has 6 heteroatoms. The molecule has 0 saturated heterocycles. The van der Waals surface area contributed by atoms with Gasteiger partial charge in [0, 0.05) is 0 Å². The summed E-state index contributed by atoms with van der Waals surface area (Å²) >= 11 is 1.41. The van der Waals surface area contributed by atoms with Gasteiger partial charge in [0.2, 0.25) is 0 Å². The third kappa shape index (κ3) is 9.02. The van der Waals surface area contributed by atoms with Crippen LogP contribution in [0.1, 0.15) is 57.1 Å². The Hall–Kier alpha value is -1.40. The smallest absolute Gasteiger partial charge is 0.291 e. The summed E-state index contributed by atoms with van der Waals surface area (Å²) in [5, 5.41) is 4.71. The molecule has 25 heavy (non-hydrogen) atoms. The highest BCUT2D eigenvalue weighted by Crippen LogP contribution is 2.08. The minimum Gasteiger partial charge on any atom is -0.465 e. The zero-order valence-corrected chi connectivity index (χ0v) is 17.1. The zero-order valence-electron chi connectivity index (χ0n) is 16.3. The fourth-order valence-electron chi connectivity index (χ4n) is 2.43. The van der Waals surface area contributed by atoms with Crippen LogP contribution < -0.4 is 10.2 Å². The molecule has 0 unspecified atom stereocenters. The number of hydrogen-bond donors (Lipinski definition) is 2. The summed E-state index contributed by atoms with van der Waals surface area (Å²) < 4.78 is 5.73. The maximum absolute atomic E-state index is 12.3. The highest BCUT2D eigenvalue weighted by atomic mass is 32.1. The molecule has 1 heterocycles. The van der Waals surface area contributed by atoms with Gasteiger partial charge in [-0.15, -0.1) is 11.3 Å². The lowest BCUT2D eigenvalue weighted by Crippen LogP contribution is -3.11. The van der Waals surface area contributed by atoms with Gasteiger partial charge in [-0.2, -0.15) is 0 Å². The van der Waals surface area contributed by atoms with Gasteiger partial charge in [0.15, 0.2) is 0 Å². The van der Waals surface area contributed by atoms with Crippen LogP contribution in [0, 0.1) is 5.92 Å². The number of amides is 1. The number of amidine groups is 1. The molecule has 142 valence electrons. The van der Waals surface area contributed by atoms with E-state index in [1.165, 1.54) is 11.3 Å². The standard InChI is InChI=1S/C19H33N3O2S/c1-6-22(7-2)12-8-10-16(5)20-19(24-14-15(3)4)21-18(23)17-11-9-13-25-17/h9,11,13,15-16H,6-8,10,12,14H2,1-5H3,(H,20,21,23)/p+1/t16-/m1/s1. The lowest BCUT2D eigenvalue weighted by molar-refractivity contribution is -0.896. The highest BCUT2D eigenvalue weighted by molar-refractivity contribution is 7.12. The van der Waals surface area contributed by atoms with Crippen LogP contribution in [0.2, 0.25) is 0 Å². The Labute approximate surface area is 156 Å². The Bertz CT molecular complexity index is 511. The normalized spacial score (nSPS) is 13.3. The van der Waals surface area contributed by atoms with Gasteiger partial charge >= 0.3 is 0 Å². The second kappa shape index (κ2) is 12.0. The first-order valence-electron chi connectivity index (χ1n) is 9.35. The van der Waals surface area contributed by atoms with E-state index < -0.39 is 0 Å². The molecule has 0 radical (unpaired) electrons. The predicted octanol–water partition coefficient (Wildman–Crippen LogP) is 2.60. The van der Waals surface area contributed by atoms with E-state index in [-0.39, 0.29) is 11.9 Å². The fraction of sp³-hybridized carbons (Fsp3) is 0.684. The van der Waals surface area contributed by atoms with Crippen molar-refractivity contribution < 1.29 is 14.4 Å². The number of thiophene rings is 1. The second-order valence-corrected chi connectivity index (χ2v) is 7.72. The first kappa shape index (κ1) is 21.6. The summed E-state index contributed by atoms with van der Waals surface area (Å²) in [7, 11) is 0. The Morgan fingerprint density at radius 2 is 2.04 bits per heavy atom. The number of aliphatic imine (C=N–C) groups is 1. The quantitative estimate of drug-likeness (QED) is 0.493. The molecule has 0 aliphatic heterocycles. The third-order valence-electron chi connectivity index (χ3n) is 4.01. The van der Waals surface area contributed by atoms with E-state index in [2.05, 4.69) is 44.9 Å². The molecule has 0 spiro atoms. The molecule has 5 nitrogen and oxygen atoms in total. The number of carbonyl (C=O) groups excluding carboxylic acids is 1. The van der Waals surface area contributed by atoms with Crippen LogP contribution in [0.15, 0.2) is 22.5 Å². The molecule has 1 aromatic rings. The van der Waals surface area contributed by atoms with Crippen LogP contribution in [0.5, 0.6) is 0 Å². The van der Waals surface area contributed by atoms with Crippen molar-refractivity contribution in [2.75, 3.05) is 26.2 Å². The highest BCUT2D eigenvalue weighted by Gasteiger charge is 2.13. The van der Waals surface area contributed by atoms with E-state index in [1.807, 2.05) is 11.4 Å². The molecule has 1 amide bonds. The first-order chi connectivity index (χ1) is 12.0. The molecule has 1 rings (SSSR count). The van der Waals surface area contributed by atoms with Crippen LogP contribution in [-0.4, -0.2) is 44.2 Å². The molecular weight excluding hydrogens is 334 g/mol. The summed E-state index contributed by atoms with van der Waals surface area (Å²) in [5.74, 6) is 0.225. The lowest BCUT2D eigenvalue weighted by Gasteiger charge is -2.17. The topological polar surface area (TPSA) is 55.1 Å². The maximum Gasteiger partial charge on any atom is 0.291 e. The lowest BCUT2D eigenvalue weighted by atomic mass is 10.2. The molecule has 0 aromatic carbocycles. The van der Waals surface area contributed by atoms with Gasteiger partial charge < -0.3 is 9.64 Å². The molecule has 0 fully saturated rings. The van der Waals surface area contributed by atoms with Crippen molar-refractivity contribution in [2.24, 2.45) is 10.9 Å². The van der Waals surface area contributed by atoms with Crippen LogP contribution >= 0.6 is 11.3 Å². The summed E-state index contributed by atoms with van der Waals surface area (Å²) in [6.07, 6.45) is 2.12. The Kier molecular flexibility index (Phi) is 10.4. The van der Waals surface area contributed by atoms with Gasteiger partial charge in [-0.05, 0) is 51.0 Å². The second-order valence-electron chi connectivity index (χ2n) is 6.77. The van der Waals surface area contributed by atoms with Gasteiger partial charge in [0.1, 0.15) is 0 Å². The van der Waals surface area contributed by atoms with Crippen molar-refractivity contribution in [1.29, 1.82) is 0 Å². The fourth-order valence-corrected chi connectivity index (χ4v) is 3.05. The van der Waals surface area contributed by atoms with E-state index >= 15 is 0 Å². The minimum atomic E-state index is -0.155. The zero-order chi connectivity index (χ0) is 18.7. The predicted molar refractivity (Wildman–Crippen MR) is 106 cm³/mol. The third-order valence-corrected chi connectivity index (χ3v) is 4.88. The minimum absolute atomic E-state index is 0.126. The summed E-state index contributed by atoms with van der Waals surface area (Å²) in [5.41, 5.74) is 0. The molecule has 0 aliphatic carbocycles. The van der Waals surface area contributed by atoms with E-state index in [1.54, 1.807) is 11.0 Å². The van der Waals surface area contributed by atoms with E-state index in [0.29, 0.717) is 23.4 Å². The van der Waals surface area contributed by atoms with Gasteiger partial charge in [-0.25, -0.2) is 4.99 Å². The van der Waals surface area contributed by atoms with Crippen molar-refractivity contribution >= 4 is 23.3 Å². The monoisotopic (exact) mass is 368 g/mol.